The highest BCUT2D eigenvalue weighted by Gasteiger charge is 2.24. The van der Waals surface area contributed by atoms with Gasteiger partial charge in [0.1, 0.15) is 30.3 Å². The molecule has 1 heterocycles. The van der Waals surface area contributed by atoms with Crippen molar-refractivity contribution in [3.63, 3.8) is 0 Å². The van der Waals surface area contributed by atoms with Crippen LogP contribution in [-0.4, -0.2) is 88.5 Å². The van der Waals surface area contributed by atoms with Gasteiger partial charge in [0.15, 0.2) is 5.96 Å². The van der Waals surface area contributed by atoms with Crippen molar-refractivity contribution in [1.82, 2.24) is 5.32 Å². The number of esters is 1. The molecule has 15 heteroatoms. The largest absolute Gasteiger partial charge is 0.480 e. The molecule has 0 aromatic rings. The van der Waals surface area contributed by atoms with Gasteiger partial charge in [-0.15, -0.1) is 0 Å². The number of guanidine groups is 1. The van der Waals surface area contributed by atoms with Crippen LogP contribution in [-0.2, 0) is 23.9 Å². The SMILES string of the molecule is C[C@H](N)C(=O)O[C@H](C)[C@H](N)C(=O)O.NC(N)=NCCC[C@H](N)C(=O)O.O=C(O)[C@@H]1CCCN1. The van der Waals surface area contributed by atoms with Crippen molar-refractivity contribution in [2.75, 3.05) is 13.1 Å². The van der Waals surface area contributed by atoms with E-state index < -0.39 is 48.1 Å². The fourth-order valence-corrected chi connectivity index (χ4v) is 2.10. The Kier molecular flexibility index (Phi) is 17.1. The van der Waals surface area contributed by atoms with Crippen LogP contribution in [0.25, 0.3) is 0 Å². The van der Waals surface area contributed by atoms with Crippen LogP contribution in [0.15, 0.2) is 4.99 Å². The van der Waals surface area contributed by atoms with E-state index in [1.54, 1.807) is 0 Å². The van der Waals surface area contributed by atoms with E-state index in [0.29, 0.717) is 19.4 Å². The first-order chi connectivity index (χ1) is 15.2. The number of carboxylic acid groups (broad SMARTS) is 3. The molecule has 5 atom stereocenters. The van der Waals surface area contributed by atoms with E-state index in [1.807, 2.05) is 0 Å². The summed E-state index contributed by atoms with van der Waals surface area (Å²) in [6.45, 7) is 4.13. The minimum absolute atomic E-state index is 0.0129. The number of aliphatic carboxylic acids is 3. The Bertz CT molecular complexity index is 650. The number of nitrogens with two attached hydrogens (primary N) is 5. The van der Waals surface area contributed by atoms with Crippen molar-refractivity contribution in [1.29, 1.82) is 0 Å². The third kappa shape index (κ3) is 17.2. The molecule has 15 nitrogen and oxygen atoms in total. The van der Waals surface area contributed by atoms with E-state index in [-0.39, 0.29) is 12.0 Å². The van der Waals surface area contributed by atoms with Gasteiger partial charge >= 0.3 is 23.9 Å². The number of aliphatic imine (C=N–C) groups is 1. The average molecular weight is 480 g/mol. The van der Waals surface area contributed by atoms with Gasteiger partial charge in [-0.3, -0.25) is 24.2 Å². The number of hydrogen-bond donors (Lipinski definition) is 9. The summed E-state index contributed by atoms with van der Waals surface area (Å²) in [4.78, 5) is 45.3. The van der Waals surface area contributed by atoms with Gasteiger partial charge in [0.25, 0.3) is 0 Å². The molecule has 0 radical (unpaired) electrons. The smallest absolute Gasteiger partial charge is 0.324 e. The molecule has 0 amide bonds. The summed E-state index contributed by atoms with van der Waals surface area (Å²) in [6.07, 6.45) is 1.86. The summed E-state index contributed by atoms with van der Waals surface area (Å²) in [5.74, 6) is -3.59. The molecule has 0 aromatic heterocycles. The number of carboxylic acids is 3. The van der Waals surface area contributed by atoms with Crippen LogP contribution < -0.4 is 34.0 Å². The summed E-state index contributed by atoms with van der Waals surface area (Å²) in [6, 6.07) is -3.08. The lowest BCUT2D eigenvalue weighted by molar-refractivity contribution is -0.154. The molecule has 14 N–H and O–H groups in total. The second-order valence-electron chi connectivity index (χ2n) is 7.18. The van der Waals surface area contributed by atoms with Crippen molar-refractivity contribution in [2.45, 2.75) is 69.8 Å². The predicted molar refractivity (Wildman–Crippen MR) is 119 cm³/mol. The zero-order valence-electron chi connectivity index (χ0n) is 18.8. The minimum atomic E-state index is -1.22. The van der Waals surface area contributed by atoms with Crippen LogP contribution in [0, 0.1) is 0 Å². The molecule has 33 heavy (non-hydrogen) atoms. The molecule has 0 spiro atoms. The van der Waals surface area contributed by atoms with Gasteiger partial charge in [-0.25, -0.2) is 0 Å². The summed E-state index contributed by atoms with van der Waals surface area (Å²) >= 11 is 0. The molecule has 192 valence electrons. The molecule has 1 rings (SSSR count). The van der Waals surface area contributed by atoms with E-state index in [9.17, 15) is 19.2 Å². The van der Waals surface area contributed by atoms with Crippen molar-refractivity contribution in [2.24, 2.45) is 33.7 Å². The molecule has 0 bridgehead atoms. The van der Waals surface area contributed by atoms with Crippen LogP contribution in [0.1, 0.15) is 39.5 Å². The summed E-state index contributed by atoms with van der Waals surface area (Å²) < 4.78 is 4.67. The fourth-order valence-electron chi connectivity index (χ4n) is 2.10. The Morgan fingerprint density at radius 3 is 1.97 bits per heavy atom. The van der Waals surface area contributed by atoms with Crippen LogP contribution in [0.2, 0.25) is 0 Å². The first-order valence-electron chi connectivity index (χ1n) is 10.1. The van der Waals surface area contributed by atoms with Gasteiger partial charge in [0.05, 0.1) is 0 Å². The number of nitrogens with one attached hydrogen (secondary N) is 1. The topological polar surface area (TPSA) is 293 Å². The molecule has 1 aliphatic heterocycles. The quantitative estimate of drug-likeness (QED) is 0.0651. The third-order valence-electron chi connectivity index (χ3n) is 4.11. The molecule has 1 fully saturated rings. The molecule has 0 aromatic carbocycles. The lowest BCUT2D eigenvalue weighted by Gasteiger charge is -2.17. The van der Waals surface area contributed by atoms with Crippen molar-refractivity contribution >= 4 is 29.8 Å². The van der Waals surface area contributed by atoms with Crippen LogP contribution >= 0.6 is 0 Å². The Morgan fingerprint density at radius 1 is 1.06 bits per heavy atom. The van der Waals surface area contributed by atoms with Crippen LogP contribution in [0.5, 0.6) is 0 Å². The molecule has 0 unspecified atom stereocenters. The molecular weight excluding hydrogens is 442 g/mol. The van der Waals surface area contributed by atoms with Gasteiger partial charge in [-0.05, 0) is 46.1 Å². The highest BCUT2D eigenvalue weighted by molar-refractivity contribution is 5.77. The van der Waals surface area contributed by atoms with Crippen molar-refractivity contribution in [3.05, 3.63) is 0 Å². The summed E-state index contributed by atoms with van der Waals surface area (Å²) in [5, 5.41) is 28.0. The lowest BCUT2D eigenvalue weighted by Crippen LogP contribution is -2.44. The maximum atomic E-state index is 10.9. The molecule has 0 saturated carbocycles. The van der Waals surface area contributed by atoms with Gasteiger partial charge in [-0.2, -0.15) is 0 Å². The van der Waals surface area contributed by atoms with E-state index in [1.165, 1.54) is 13.8 Å². The lowest BCUT2D eigenvalue weighted by atomic mass is 10.2. The Balaban J connectivity index is 0. The monoisotopic (exact) mass is 479 g/mol. The first-order valence-corrected chi connectivity index (χ1v) is 10.1. The molecular formula is C18H37N7O8. The maximum absolute atomic E-state index is 10.9. The van der Waals surface area contributed by atoms with Crippen molar-refractivity contribution < 1.29 is 39.2 Å². The third-order valence-corrected chi connectivity index (χ3v) is 4.11. The number of nitrogens with zero attached hydrogens (tertiary/aromatic N) is 1. The normalized spacial score (nSPS) is 18.0. The average Bonchev–Trinajstić information content (AvgIpc) is 3.26. The van der Waals surface area contributed by atoms with Gasteiger partial charge in [-0.1, -0.05) is 0 Å². The van der Waals surface area contributed by atoms with E-state index >= 15 is 0 Å². The zero-order chi connectivity index (χ0) is 26.1. The number of hydrogen-bond acceptors (Lipinski definition) is 10. The van der Waals surface area contributed by atoms with Crippen LogP contribution in [0.3, 0.4) is 0 Å². The standard InChI is InChI=1S/C7H14N2O4.C6H14N4O2.C5H9NO2/c1-3(8)7(12)13-4(2)5(9)6(10)11;7-4(5(11)12)2-1-3-10-6(8)9;7-5(8)4-2-1-3-6-4/h3-5H,8-9H2,1-2H3,(H,10,11);4H,1-3,7H2,(H,11,12)(H4,8,9,10);4,6H,1-3H2,(H,7,8)/t3-,4+,5-;2*4-/m000/s1. The minimum Gasteiger partial charge on any atom is -0.480 e. The maximum Gasteiger partial charge on any atom is 0.324 e. The molecule has 1 saturated heterocycles. The summed E-state index contributed by atoms with van der Waals surface area (Å²) in [5.41, 5.74) is 25.7. The number of ether oxygens (including phenoxy) is 1. The number of rotatable bonds is 10. The van der Waals surface area contributed by atoms with E-state index in [4.69, 9.17) is 44.0 Å². The van der Waals surface area contributed by atoms with Gasteiger partial charge in [0, 0.05) is 6.54 Å². The Morgan fingerprint density at radius 2 is 1.64 bits per heavy atom. The summed E-state index contributed by atoms with van der Waals surface area (Å²) in [7, 11) is 0. The molecule has 0 aliphatic carbocycles. The highest BCUT2D eigenvalue weighted by Crippen LogP contribution is 2.03. The first kappa shape index (κ1) is 32.2. The Hall–Kier alpha value is -3.01. The highest BCUT2D eigenvalue weighted by atomic mass is 16.5. The number of carbonyl (C=O) groups is 4. The van der Waals surface area contributed by atoms with Gasteiger partial charge in [0.2, 0.25) is 0 Å². The van der Waals surface area contributed by atoms with Gasteiger partial charge < -0.3 is 54.0 Å². The van der Waals surface area contributed by atoms with E-state index in [0.717, 1.165) is 19.4 Å². The van der Waals surface area contributed by atoms with Crippen molar-refractivity contribution in [3.8, 4) is 0 Å². The molecule has 1 aliphatic rings. The Labute approximate surface area is 191 Å². The van der Waals surface area contributed by atoms with E-state index in [2.05, 4.69) is 15.0 Å². The predicted octanol–water partition coefficient (Wildman–Crippen LogP) is -3.05. The fraction of sp³-hybridized carbons (Fsp3) is 0.722. The number of carbonyl (C=O) groups excluding carboxylic acids is 1. The van der Waals surface area contributed by atoms with Crippen LogP contribution in [0.4, 0.5) is 0 Å². The second-order valence-corrected chi connectivity index (χ2v) is 7.18. The zero-order valence-corrected chi connectivity index (χ0v) is 18.8. The second kappa shape index (κ2) is 17.5.